The molecule has 7 heteroatoms. The molecule has 144 valence electrons. The number of benzene rings is 2. The lowest BCUT2D eigenvalue weighted by Gasteiger charge is -2.16. The molecule has 2 amide bonds. The summed E-state index contributed by atoms with van der Waals surface area (Å²) in [6.07, 6.45) is 2.74. The first-order valence-electron chi connectivity index (χ1n) is 9.10. The van der Waals surface area contributed by atoms with E-state index in [0.29, 0.717) is 30.2 Å². The Balaban J connectivity index is 1.34. The number of nitrogens with one attached hydrogen (secondary N) is 2. The number of halogens is 2. The zero-order valence-corrected chi connectivity index (χ0v) is 15.8. The van der Waals surface area contributed by atoms with Gasteiger partial charge in [0.15, 0.2) is 0 Å². The second-order valence-corrected chi connectivity index (χ2v) is 7.36. The Morgan fingerprint density at radius 2 is 2.04 bits per heavy atom. The third kappa shape index (κ3) is 3.73. The second-order valence-electron chi connectivity index (χ2n) is 6.93. The molecule has 0 radical (unpaired) electrons. The van der Waals surface area contributed by atoms with Crippen LogP contribution < -0.4 is 10.2 Å². The maximum atomic E-state index is 13.1. The number of fused-ring (bicyclic) bond motifs is 1. The van der Waals surface area contributed by atoms with Crippen molar-refractivity contribution in [3.05, 3.63) is 65.1 Å². The number of hydrogen-bond acceptors (Lipinski definition) is 2. The number of amides is 2. The van der Waals surface area contributed by atoms with Gasteiger partial charge in [0, 0.05) is 47.3 Å². The van der Waals surface area contributed by atoms with Gasteiger partial charge in [-0.1, -0.05) is 11.6 Å². The van der Waals surface area contributed by atoms with E-state index in [0.717, 1.165) is 16.5 Å². The van der Waals surface area contributed by atoms with E-state index < -0.39 is 5.92 Å². The van der Waals surface area contributed by atoms with Gasteiger partial charge < -0.3 is 15.2 Å². The summed E-state index contributed by atoms with van der Waals surface area (Å²) in [6, 6.07) is 11.4. The third-order valence-corrected chi connectivity index (χ3v) is 5.29. The van der Waals surface area contributed by atoms with Gasteiger partial charge in [0.1, 0.15) is 5.82 Å². The quantitative estimate of drug-likeness (QED) is 0.687. The summed E-state index contributed by atoms with van der Waals surface area (Å²) >= 11 is 6.06. The van der Waals surface area contributed by atoms with E-state index in [4.69, 9.17) is 11.6 Å². The Kier molecular flexibility index (Phi) is 5.05. The number of anilines is 1. The molecule has 2 heterocycles. The van der Waals surface area contributed by atoms with Gasteiger partial charge in [0.25, 0.3) is 0 Å². The van der Waals surface area contributed by atoms with Crippen LogP contribution in [0.3, 0.4) is 0 Å². The minimum Gasteiger partial charge on any atom is -0.361 e. The Labute approximate surface area is 166 Å². The van der Waals surface area contributed by atoms with Gasteiger partial charge in [-0.15, -0.1) is 0 Å². The van der Waals surface area contributed by atoms with Gasteiger partial charge in [-0.3, -0.25) is 9.59 Å². The Hall–Kier alpha value is -2.86. The molecule has 4 rings (SSSR count). The molecular formula is C21H19ClFN3O2. The lowest BCUT2D eigenvalue weighted by molar-refractivity contribution is -0.126. The summed E-state index contributed by atoms with van der Waals surface area (Å²) in [5.74, 6) is -1.04. The fourth-order valence-electron chi connectivity index (χ4n) is 3.58. The van der Waals surface area contributed by atoms with E-state index in [2.05, 4.69) is 10.3 Å². The van der Waals surface area contributed by atoms with Crippen LogP contribution in [0.2, 0.25) is 5.02 Å². The number of aromatic nitrogens is 1. The molecule has 1 fully saturated rings. The van der Waals surface area contributed by atoms with Crippen molar-refractivity contribution in [2.45, 2.75) is 12.8 Å². The summed E-state index contributed by atoms with van der Waals surface area (Å²) in [7, 11) is 0. The van der Waals surface area contributed by atoms with Crippen LogP contribution in [0.25, 0.3) is 10.9 Å². The molecule has 0 aliphatic carbocycles. The molecule has 0 saturated carbocycles. The highest BCUT2D eigenvalue weighted by Crippen LogP contribution is 2.26. The van der Waals surface area contributed by atoms with Crippen LogP contribution >= 0.6 is 11.6 Å². The average Bonchev–Trinajstić information content (AvgIpc) is 3.26. The molecule has 1 atom stereocenters. The molecule has 1 aliphatic heterocycles. The number of carbonyl (C=O) groups excluding carboxylic acids is 2. The number of nitrogens with zero attached hydrogens (tertiary/aromatic N) is 1. The summed E-state index contributed by atoms with van der Waals surface area (Å²) in [5.41, 5.74) is 2.69. The van der Waals surface area contributed by atoms with E-state index in [1.54, 1.807) is 12.1 Å². The maximum absolute atomic E-state index is 13.1. The van der Waals surface area contributed by atoms with E-state index in [-0.39, 0.29) is 24.1 Å². The van der Waals surface area contributed by atoms with Crippen molar-refractivity contribution in [1.82, 2.24) is 10.3 Å². The largest absolute Gasteiger partial charge is 0.361 e. The van der Waals surface area contributed by atoms with E-state index >= 15 is 0 Å². The van der Waals surface area contributed by atoms with Crippen molar-refractivity contribution in [1.29, 1.82) is 0 Å². The Morgan fingerprint density at radius 1 is 1.25 bits per heavy atom. The fourth-order valence-corrected chi connectivity index (χ4v) is 3.75. The second kappa shape index (κ2) is 7.64. The number of rotatable bonds is 5. The van der Waals surface area contributed by atoms with Gasteiger partial charge in [-0.25, -0.2) is 4.39 Å². The van der Waals surface area contributed by atoms with Crippen molar-refractivity contribution < 1.29 is 14.0 Å². The molecule has 28 heavy (non-hydrogen) atoms. The molecule has 1 unspecified atom stereocenters. The normalized spacial score (nSPS) is 16.7. The first-order valence-corrected chi connectivity index (χ1v) is 9.48. The highest BCUT2D eigenvalue weighted by molar-refractivity contribution is 6.31. The molecule has 2 N–H and O–H groups in total. The van der Waals surface area contributed by atoms with Gasteiger partial charge in [0.2, 0.25) is 11.8 Å². The van der Waals surface area contributed by atoms with Gasteiger partial charge in [0.05, 0.1) is 5.92 Å². The highest BCUT2D eigenvalue weighted by Gasteiger charge is 2.34. The van der Waals surface area contributed by atoms with E-state index in [9.17, 15) is 14.0 Å². The van der Waals surface area contributed by atoms with E-state index in [1.807, 2.05) is 24.4 Å². The van der Waals surface area contributed by atoms with Crippen LogP contribution in [0.15, 0.2) is 48.7 Å². The highest BCUT2D eigenvalue weighted by atomic mass is 35.5. The zero-order valence-electron chi connectivity index (χ0n) is 15.0. The van der Waals surface area contributed by atoms with Crippen LogP contribution in [0.5, 0.6) is 0 Å². The monoisotopic (exact) mass is 399 g/mol. The molecule has 2 aromatic carbocycles. The zero-order chi connectivity index (χ0) is 19.7. The lowest BCUT2D eigenvalue weighted by Crippen LogP contribution is -2.34. The number of carbonyl (C=O) groups is 2. The minimum absolute atomic E-state index is 0.127. The summed E-state index contributed by atoms with van der Waals surface area (Å²) in [6.45, 7) is 0.776. The average molecular weight is 400 g/mol. The van der Waals surface area contributed by atoms with Crippen LogP contribution in [0.1, 0.15) is 12.0 Å². The number of hydrogen-bond donors (Lipinski definition) is 2. The third-order valence-electron chi connectivity index (χ3n) is 5.06. The Morgan fingerprint density at radius 3 is 2.82 bits per heavy atom. The number of aromatic amines is 1. The smallest absolute Gasteiger partial charge is 0.227 e. The summed E-state index contributed by atoms with van der Waals surface area (Å²) in [4.78, 5) is 29.5. The maximum Gasteiger partial charge on any atom is 0.227 e. The Bertz CT molecular complexity index is 1030. The van der Waals surface area contributed by atoms with Crippen molar-refractivity contribution in [2.75, 3.05) is 18.0 Å². The van der Waals surface area contributed by atoms with Gasteiger partial charge in [-0.05, 0) is 54.4 Å². The minimum atomic E-state index is -0.407. The molecule has 1 saturated heterocycles. The first kappa shape index (κ1) is 18.5. The van der Waals surface area contributed by atoms with Crippen molar-refractivity contribution in [3.8, 4) is 0 Å². The molecule has 0 bridgehead atoms. The topological polar surface area (TPSA) is 65.2 Å². The van der Waals surface area contributed by atoms with Crippen molar-refractivity contribution >= 4 is 40.0 Å². The standard InChI is InChI=1S/C21H19ClFN3O2/c22-15-1-6-19-18(10-15)13(11-25-19)7-8-24-21(28)14-9-20(27)26(12-14)17-4-2-16(23)3-5-17/h1-6,10-11,14,25H,7-9,12H2,(H,24,28). The van der Waals surface area contributed by atoms with Gasteiger partial charge >= 0.3 is 0 Å². The fraction of sp³-hybridized carbons (Fsp3) is 0.238. The molecule has 5 nitrogen and oxygen atoms in total. The van der Waals surface area contributed by atoms with Crippen LogP contribution in [-0.4, -0.2) is 29.9 Å². The molecule has 1 aromatic heterocycles. The molecular weight excluding hydrogens is 381 g/mol. The molecule has 3 aromatic rings. The van der Waals surface area contributed by atoms with Crippen LogP contribution in [-0.2, 0) is 16.0 Å². The summed E-state index contributed by atoms with van der Waals surface area (Å²) in [5, 5.41) is 4.63. The predicted molar refractivity (Wildman–Crippen MR) is 107 cm³/mol. The molecule has 1 aliphatic rings. The SMILES string of the molecule is O=C(NCCc1c[nH]c2ccc(Cl)cc12)C1CC(=O)N(c2ccc(F)cc2)C1. The van der Waals surface area contributed by atoms with Crippen LogP contribution in [0, 0.1) is 11.7 Å². The number of H-pyrrole nitrogens is 1. The van der Waals surface area contributed by atoms with Gasteiger partial charge in [-0.2, -0.15) is 0 Å². The van der Waals surface area contributed by atoms with Crippen molar-refractivity contribution in [2.24, 2.45) is 5.92 Å². The van der Waals surface area contributed by atoms with Crippen molar-refractivity contribution in [3.63, 3.8) is 0 Å². The van der Waals surface area contributed by atoms with Crippen LogP contribution in [0.4, 0.5) is 10.1 Å². The first-order chi connectivity index (χ1) is 13.5. The van der Waals surface area contributed by atoms with E-state index in [1.165, 1.54) is 17.0 Å². The molecule has 0 spiro atoms. The predicted octanol–water partition coefficient (Wildman–Crippen LogP) is 3.67. The lowest BCUT2D eigenvalue weighted by atomic mass is 10.1. The summed E-state index contributed by atoms with van der Waals surface area (Å²) < 4.78 is 13.1.